The second kappa shape index (κ2) is 5.55. The van der Waals surface area contributed by atoms with Crippen LogP contribution in [0.2, 0.25) is 0 Å². The van der Waals surface area contributed by atoms with E-state index in [1.807, 2.05) is 30.3 Å². The SMILES string of the molecule is O=C(NCCc1nc(-c2ccccc2)n[nH]1)[C@H]1C[C@H]1C1CC1. The molecule has 4 rings (SSSR count). The zero-order chi connectivity index (χ0) is 14.9. The second-order valence-corrected chi connectivity index (χ2v) is 6.36. The Morgan fingerprint density at radius 1 is 1.27 bits per heavy atom. The summed E-state index contributed by atoms with van der Waals surface area (Å²) in [5.41, 5.74) is 0.999. The van der Waals surface area contributed by atoms with Crippen molar-refractivity contribution in [2.45, 2.75) is 25.7 Å². The quantitative estimate of drug-likeness (QED) is 0.858. The molecule has 1 amide bonds. The van der Waals surface area contributed by atoms with Gasteiger partial charge in [0.1, 0.15) is 5.82 Å². The number of aromatic amines is 1. The number of carbonyl (C=O) groups is 1. The molecule has 2 aliphatic carbocycles. The monoisotopic (exact) mass is 296 g/mol. The van der Waals surface area contributed by atoms with E-state index in [0.717, 1.165) is 23.7 Å². The van der Waals surface area contributed by atoms with E-state index in [2.05, 4.69) is 20.5 Å². The molecule has 22 heavy (non-hydrogen) atoms. The molecule has 0 unspecified atom stereocenters. The Labute approximate surface area is 129 Å². The fraction of sp³-hybridized carbons (Fsp3) is 0.471. The third-order valence-electron chi connectivity index (χ3n) is 4.63. The Balaban J connectivity index is 1.26. The maximum atomic E-state index is 12.0. The van der Waals surface area contributed by atoms with Gasteiger partial charge in [-0.3, -0.25) is 9.89 Å². The van der Waals surface area contributed by atoms with Gasteiger partial charge in [-0.05, 0) is 31.1 Å². The van der Waals surface area contributed by atoms with Gasteiger partial charge in [0.2, 0.25) is 5.91 Å². The molecule has 2 aromatic rings. The molecule has 1 aromatic carbocycles. The Morgan fingerprint density at radius 3 is 2.86 bits per heavy atom. The van der Waals surface area contributed by atoms with Gasteiger partial charge in [-0.2, -0.15) is 5.10 Å². The smallest absolute Gasteiger partial charge is 0.223 e. The third-order valence-corrected chi connectivity index (χ3v) is 4.63. The van der Waals surface area contributed by atoms with Gasteiger partial charge in [0.15, 0.2) is 5.82 Å². The number of rotatable bonds is 6. The molecular formula is C17H20N4O. The zero-order valence-electron chi connectivity index (χ0n) is 12.5. The van der Waals surface area contributed by atoms with Gasteiger partial charge in [-0.1, -0.05) is 30.3 Å². The summed E-state index contributed by atoms with van der Waals surface area (Å²) >= 11 is 0. The van der Waals surface area contributed by atoms with E-state index in [4.69, 9.17) is 0 Å². The summed E-state index contributed by atoms with van der Waals surface area (Å²) in [5, 5.41) is 10.2. The maximum absolute atomic E-state index is 12.0. The van der Waals surface area contributed by atoms with Crippen molar-refractivity contribution in [2.75, 3.05) is 6.54 Å². The van der Waals surface area contributed by atoms with Crippen LogP contribution in [0.15, 0.2) is 30.3 Å². The largest absolute Gasteiger partial charge is 0.355 e. The summed E-state index contributed by atoms with van der Waals surface area (Å²) < 4.78 is 0. The highest BCUT2D eigenvalue weighted by molar-refractivity contribution is 5.81. The number of amides is 1. The van der Waals surface area contributed by atoms with Crippen LogP contribution >= 0.6 is 0 Å². The normalized spacial score (nSPS) is 23.3. The molecule has 0 saturated heterocycles. The molecule has 2 atom stereocenters. The molecule has 1 aromatic heterocycles. The molecule has 0 aliphatic heterocycles. The standard InChI is InChI=1S/C17H20N4O/c22-17(14-10-13(14)11-6-7-11)18-9-8-15-19-16(21-20-15)12-4-2-1-3-5-12/h1-5,11,13-14H,6-10H2,(H,18,22)(H,19,20,21)/t13-,14-/m0/s1. The Bertz CT molecular complexity index is 662. The van der Waals surface area contributed by atoms with E-state index in [9.17, 15) is 4.79 Å². The number of nitrogens with one attached hydrogen (secondary N) is 2. The van der Waals surface area contributed by atoms with E-state index in [-0.39, 0.29) is 11.8 Å². The number of nitrogens with zero attached hydrogens (tertiary/aromatic N) is 2. The van der Waals surface area contributed by atoms with Crippen molar-refractivity contribution in [3.8, 4) is 11.4 Å². The Hall–Kier alpha value is -2.17. The first-order valence-electron chi connectivity index (χ1n) is 8.05. The fourth-order valence-corrected chi connectivity index (χ4v) is 3.12. The lowest BCUT2D eigenvalue weighted by Gasteiger charge is -2.02. The minimum atomic E-state index is 0.222. The number of aromatic nitrogens is 3. The average molecular weight is 296 g/mol. The second-order valence-electron chi connectivity index (χ2n) is 6.36. The van der Waals surface area contributed by atoms with Crippen LogP contribution in [0, 0.1) is 17.8 Å². The first-order valence-corrected chi connectivity index (χ1v) is 8.05. The number of benzene rings is 1. The molecular weight excluding hydrogens is 276 g/mol. The number of carbonyl (C=O) groups excluding carboxylic acids is 1. The van der Waals surface area contributed by atoms with E-state index in [1.54, 1.807) is 0 Å². The highest BCUT2D eigenvalue weighted by Gasteiger charge is 2.50. The lowest BCUT2D eigenvalue weighted by atomic mass is 10.2. The van der Waals surface area contributed by atoms with Crippen molar-refractivity contribution >= 4 is 5.91 Å². The highest BCUT2D eigenvalue weighted by Crippen LogP contribution is 2.54. The van der Waals surface area contributed by atoms with Crippen molar-refractivity contribution in [1.29, 1.82) is 0 Å². The summed E-state index contributed by atoms with van der Waals surface area (Å²) in [5.74, 6) is 3.54. The van der Waals surface area contributed by atoms with Gasteiger partial charge in [-0.15, -0.1) is 0 Å². The molecule has 0 radical (unpaired) electrons. The topological polar surface area (TPSA) is 70.7 Å². The summed E-state index contributed by atoms with van der Waals surface area (Å²) in [4.78, 5) is 16.5. The molecule has 2 aliphatic rings. The molecule has 114 valence electrons. The van der Waals surface area contributed by atoms with Crippen LogP contribution in [0.4, 0.5) is 0 Å². The van der Waals surface area contributed by atoms with E-state index >= 15 is 0 Å². The van der Waals surface area contributed by atoms with Crippen LogP contribution in [-0.4, -0.2) is 27.6 Å². The number of hydrogen-bond acceptors (Lipinski definition) is 3. The fourth-order valence-electron chi connectivity index (χ4n) is 3.12. The predicted octanol–water partition coefficient (Wildman–Crippen LogP) is 2.18. The molecule has 1 heterocycles. The van der Waals surface area contributed by atoms with Crippen molar-refractivity contribution < 1.29 is 4.79 Å². The highest BCUT2D eigenvalue weighted by atomic mass is 16.2. The van der Waals surface area contributed by atoms with Gasteiger partial charge < -0.3 is 5.32 Å². The van der Waals surface area contributed by atoms with E-state index < -0.39 is 0 Å². The molecule has 2 N–H and O–H groups in total. The molecule has 0 bridgehead atoms. The van der Waals surface area contributed by atoms with Crippen molar-refractivity contribution in [3.63, 3.8) is 0 Å². The molecule has 5 nitrogen and oxygen atoms in total. The lowest BCUT2D eigenvalue weighted by Crippen LogP contribution is -2.28. The van der Waals surface area contributed by atoms with Crippen molar-refractivity contribution in [3.05, 3.63) is 36.2 Å². The van der Waals surface area contributed by atoms with Crippen LogP contribution in [0.5, 0.6) is 0 Å². The van der Waals surface area contributed by atoms with Crippen LogP contribution in [0.25, 0.3) is 11.4 Å². The third kappa shape index (κ3) is 2.89. The maximum Gasteiger partial charge on any atom is 0.223 e. The summed E-state index contributed by atoms with van der Waals surface area (Å²) in [6.07, 6.45) is 4.44. The van der Waals surface area contributed by atoms with Crippen molar-refractivity contribution in [2.24, 2.45) is 17.8 Å². The molecule has 0 spiro atoms. The van der Waals surface area contributed by atoms with Gasteiger partial charge in [-0.25, -0.2) is 4.98 Å². The lowest BCUT2D eigenvalue weighted by molar-refractivity contribution is -0.122. The average Bonchev–Trinajstić information content (AvgIpc) is 3.44. The minimum absolute atomic E-state index is 0.222. The predicted molar refractivity (Wildman–Crippen MR) is 82.9 cm³/mol. The molecule has 5 heteroatoms. The summed E-state index contributed by atoms with van der Waals surface area (Å²) in [6, 6.07) is 9.88. The van der Waals surface area contributed by atoms with Crippen LogP contribution in [0.3, 0.4) is 0 Å². The number of hydrogen-bond donors (Lipinski definition) is 2. The minimum Gasteiger partial charge on any atom is -0.355 e. The van der Waals surface area contributed by atoms with Crippen LogP contribution in [0.1, 0.15) is 25.1 Å². The Kier molecular flexibility index (Phi) is 3.41. The van der Waals surface area contributed by atoms with E-state index in [1.165, 1.54) is 12.8 Å². The van der Waals surface area contributed by atoms with Gasteiger partial charge in [0.25, 0.3) is 0 Å². The van der Waals surface area contributed by atoms with E-state index in [0.29, 0.717) is 24.7 Å². The Morgan fingerprint density at radius 2 is 2.09 bits per heavy atom. The number of H-pyrrole nitrogens is 1. The van der Waals surface area contributed by atoms with Crippen LogP contribution in [-0.2, 0) is 11.2 Å². The first-order chi connectivity index (χ1) is 10.8. The van der Waals surface area contributed by atoms with Gasteiger partial charge in [0, 0.05) is 24.4 Å². The zero-order valence-corrected chi connectivity index (χ0v) is 12.5. The van der Waals surface area contributed by atoms with Gasteiger partial charge >= 0.3 is 0 Å². The molecule has 2 fully saturated rings. The van der Waals surface area contributed by atoms with Gasteiger partial charge in [0.05, 0.1) is 0 Å². The van der Waals surface area contributed by atoms with Crippen LogP contribution < -0.4 is 5.32 Å². The van der Waals surface area contributed by atoms with Crippen molar-refractivity contribution in [1.82, 2.24) is 20.5 Å². The summed E-state index contributed by atoms with van der Waals surface area (Å²) in [6.45, 7) is 0.621. The first kappa shape index (κ1) is 13.5. The summed E-state index contributed by atoms with van der Waals surface area (Å²) in [7, 11) is 0. The molecule has 2 saturated carbocycles.